The summed E-state index contributed by atoms with van der Waals surface area (Å²) in [5, 5.41) is 2.82. The SMILES string of the molecule is C=C(C)COc1cccc(C(=O)Nc2cccc(C(=O)OC)c2C)c1. The molecular formula is C20H21NO4. The van der Waals surface area contributed by atoms with E-state index in [1.54, 1.807) is 49.4 Å². The normalized spacial score (nSPS) is 10.0. The van der Waals surface area contributed by atoms with Crippen LogP contribution >= 0.6 is 0 Å². The first-order chi connectivity index (χ1) is 11.9. The van der Waals surface area contributed by atoms with Crippen LogP contribution in [0.5, 0.6) is 5.75 Å². The molecule has 5 nitrogen and oxygen atoms in total. The smallest absolute Gasteiger partial charge is 0.338 e. The maximum absolute atomic E-state index is 12.5. The first kappa shape index (κ1) is 18.3. The van der Waals surface area contributed by atoms with Crippen LogP contribution in [-0.4, -0.2) is 25.6 Å². The summed E-state index contributed by atoms with van der Waals surface area (Å²) in [4.78, 5) is 24.3. The third kappa shape index (κ3) is 4.70. The van der Waals surface area contributed by atoms with Crippen molar-refractivity contribution >= 4 is 17.6 Å². The van der Waals surface area contributed by atoms with E-state index >= 15 is 0 Å². The highest BCUT2D eigenvalue weighted by atomic mass is 16.5. The van der Waals surface area contributed by atoms with E-state index in [0.717, 1.165) is 5.57 Å². The van der Waals surface area contributed by atoms with Crippen LogP contribution < -0.4 is 10.1 Å². The van der Waals surface area contributed by atoms with Crippen molar-refractivity contribution in [3.05, 3.63) is 71.3 Å². The Morgan fingerprint density at radius 3 is 2.56 bits per heavy atom. The van der Waals surface area contributed by atoms with Gasteiger partial charge < -0.3 is 14.8 Å². The number of esters is 1. The third-order valence-electron chi connectivity index (χ3n) is 3.57. The number of anilines is 1. The molecule has 2 rings (SSSR count). The quantitative estimate of drug-likeness (QED) is 0.638. The number of benzene rings is 2. The number of carbonyl (C=O) groups is 2. The van der Waals surface area contributed by atoms with Crippen molar-refractivity contribution in [1.82, 2.24) is 0 Å². The van der Waals surface area contributed by atoms with Gasteiger partial charge in [-0.2, -0.15) is 0 Å². The van der Waals surface area contributed by atoms with Crippen LogP contribution in [0.4, 0.5) is 5.69 Å². The van der Waals surface area contributed by atoms with Crippen LogP contribution in [0.15, 0.2) is 54.6 Å². The van der Waals surface area contributed by atoms with Crippen LogP contribution in [0.3, 0.4) is 0 Å². The Hall–Kier alpha value is -3.08. The predicted octanol–water partition coefficient (Wildman–Crippen LogP) is 3.99. The summed E-state index contributed by atoms with van der Waals surface area (Å²) in [6.45, 7) is 7.80. The van der Waals surface area contributed by atoms with E-state index in [1.807, 2.05) is 6.92 Å². The fourth-order valence-corrected chi connectivity index (χ4v) is 2.23. The van der Waals surface area contributed by atoms with Crippen molar-refractivity contribution in [2.45, 2.75) is 13.8 Å². The Bertz CT molecular complexity index is 811. The Kier molecular flexibility index (Phi) is 5.95. The molecule has 5 heteroatoms. The van der Waals surface area contributed by atoms with E-state index < -0.39 is 5.97 Å². The second kappa shape index (κ2) is 8.15. The first-order valence-electron chi connectivity index (χ1n) is 7.79. The Balaban J connectivity index is 2.19. The zero-order valence-corrected chi connectivity index (χ0v) is 14.6. The molecule has 0 saturated carbocycles. The van der Waals surface area contributed by atoms with Gasteiger partial charge in [0, 0.05) is 11.3 Å². The molecule has 0 radical (unpaired) electrons. The van der Waals surface area contributed by atoms with Gasteiger partial charge in [-0.05, 0) is 55.3 Å². The zero-order valence-electron chi connectivity index (χ0n) is 14.6. The van der Waals surface area contributed by atoms with Crippen molar-refractivity contribution in [3.8, 4) is 5.75 Å². The molecule has 0 aromatic heterocycles. The summed E-state index contributed by atoms with van der Waals surface area (Å²) in [6, 6.07) is 12.0. The van der Waals surface area contributed by atoms with E-state index in [-0.39, 0.29) is 5.91 Å². The highest BCUT2D eigenvalue weighted by molar-refractivity contribution is 6.05. The topological polar surface area (TPSA) is 64.6 Å². The summed E-state index contributed by atoms with van der Waals surface area (Å²) in [6.07, 6.45) is 0. The highest BCUT2D eigenvalue weighted by Crippen LogP contribution is 2.21. The monoisotopic (exact) mass is 339 g/mol. The van der Waals surface area contributed by atoms with Gasteiger partial charge in [-0.1, -0.05) is 18.7 Å². The molecule has 0 atom stereocenters. The Labute approximate surface area is 147 Å². The van der Waals surface area contributed by atoms with Gasteiger partial charge in [0.25, 0.3) is 5.91 Å². The van der Waals surface area contributed by atoms with Gasteiger partial charge in [0.15, 0.2) is 0 Å². The van der Waals surface area contributed by atoms with Gasteiger partial charge in [0.1, 0.15) is 12.4 Å². The van der Waals surface area contributed by atoms with E-state index in [9.17, 15) is 9.59 Å². The first-order valence-corrected chi connectivity index (χ1v) is 7.79. The molecule has 0 spiro atoms. The molecule has 2 aromatic rings. The van der Waals surface area contributed by atoms with Crippen LogP contribution in [0, 0.1) is 6.92 Å². The van der Waals surface area contributed by atoms with Crippen molar-refractivity contribution < 1.29 is 19.1 Å². The van der Waals surface area contributed by atoms with E-state index in [1.165, 1.54) is 7.11 Å². The van der Waals surface area contributed by atoms with Crippen molar-refractivity contribution in [2.75, 3.05) is 19.0 Å². The number of rotatable bonds is 6. The van der Waals surface area contributed by atoms with Gasteiger partial charge in [-0.15, -0.1) is 0 Å². The molecule has 0 saturated heterocycles. The fourth-order valence-electron chi connectivity index (χ4n) is 2.23. The largest absolute Gasteiger partial charge is 0.489 e. The summed E-state index contributed by atoms with van der Waals surface area (Å²) in [7, 11) is 1.32. The molecule has 0 unspecified atom stereocenters. The van der Waals surface area contributed by atoms with Gasteiger partial charge in [-0.3, -0.25) is 4.79 Å². The van der Waals surface area contributed by atoms with Crippen molar-refractivity contribution in [2.24, 2.45) is 0 Å². The lowest BCUT2D eigenvalue weighted by molar-refractivity contribution is 0.0599. The average molecular weight is 339 g/mol. The molecule has 0 bridgehead atoms. The molecule has 0 heterocycles. The molecule has 0 fully saturated rings. The lowest BCUT2D eigenvalue weighted by Crippen LogP contribution is -2.14. The van der Waals surface area contributed by atoms with E-state index in [0.29, 0.717) is 34.7 Å². The second-order valence-corrected chi connectivity index (χ2v) is 5.70. The van der Waals surface area contributed by atoms with Gasteiger partial charge in [0.2, 0.25) is 0 Å². The standard InChI is InChI=1S/C20H21NO4/c1-13(2)12-25-16-8-5-7-15(11-16)19(22)21-18-10-6-9-17(14(18)3)20(23)24-4/h5-11H,1,12H2,2-4H3,(H,21,22). The van der Waals surface area contributed by atoms with Crippen molar-refractivity contribution in [3.63, 3.8) is 0 Å². The number of methoxy groups -OCH3 is 1. The summed E-state index contributed by atoms with van der Waals surface area (Å²) in [5.74, 6) is -0.134. The average Bonchev–Trinajstić information content (AvgIpc) is 2.61. The number of hydrogen-bond donors (Lipinski definition) is 1. The number of carbonyl (C=O) groups excluding carboxylic acids is 2. The predicted molar refractivity (Wildman–Crippen MR) is 97.2 cm³/mol. The maximum Gasteiger partial charge on any atom is 0.338 e. The minimum Gasteiger partial charge on any atom is -0.489 e. The Morgan fingerprint density at radius 2 is 1.88 bits per heavy atom. The van der Waals surface area contributed by atoms with E-state index in [2.05, 4.69) is 11.9 Å². The number of nitrogens with one attached hydrogen (secondary N) is 1. The molecule has 1 amide bonds. The van der Waals surface area contributed by atoms with Crippen LogP contribution in [0.25, 0.3) is 0 Å². The molecule has 25 heavy (non-hydrogen) atoms. The number of amides is 1. The number of hydrogen-bond acceptors (Lipinski definition) is 4. The number of ether oxygens (including phenoxy) is 2. The minimum absolute atomic E-state index is 0.286. The maximum atomic E-state index is 12.5. The summed E-state index contributed by atoms with van der Waals surface area (Å²) in [5.41, 5.74) is 2.98. The van der Waals surface area contributed by atoms with Crippen LogP contribution in [0.1, 0.15) is 33.2 Å². The molecule has 0 aliphatic heterocycles. The van der Waals surface area contributed by atoms with Gasteiger partial charge in [-0.25, -0.2) is 4.79 Å². The lowest BCUT2D eigenvalue weighted by atomic mass is 10.1. The molecule has 0 aliphatic carbocycles. The van der Waals surface area contributed by atoms with E-state index in [4.69, 9.17) is 9.47 Å². The van der Waals surface area contributed by atoms with Crippen molar-refractivity contribution in [1.29, 1.82) is 0 Å². The highest BCUT2D eigenvalue weighted by Gasteiger charge is 2.14. The lowest BCUT2D eigenvalue weighted by Gasteiger charge is -2.12. The molecular weight excluding hydrogens is 318 g/mol. The summed E-state index contributed by atoms with van der Waals surface area (Å²) >= 11 is 0. The third-order valence-corrected chi connectivity index (χ3v) is 3.57. The van der Waals surface area contributed by atoms with Crippen LogP contribution in [0.2, 0.25) is 0 Å². The zero-order chi connectivity index (χ0) is 18.4. The van der Waals surface area contributed by atoms with Gasteiger partial charge in [0.05, 0.1) is 12.7 Å². The molecule has 1 N–H and O–H groups in total. The molecule has 0 aliphatic rings. The Morgan fingerprint density at radius 1 is 1.16 bits per heavy atom. The van der Waals surface area contributed by atoms with Crippen LogP contribution in [-0.2, 0) is 4.74 Å². The minimum atomic E-state index is -0.441. The summed E-state index contributed by atoms with van der Waals surface area (Å²) < 4.78 is 10.3. The molecule has 130 valence electrons. The molecule has 2 aromatic carbocycles. The second-order valence-electron chi connectivity index (χ2n) is 5.70. The fraction of sp³-hybridized carbons (Fsp3) is 0.200. The van der Waals surface area contributed by atoms with Gasteiger partial charge >= 0.3 is 5.97 Å².